The van der Waals surface area contributed by atoms with Crippen molar-refractivity contribution in [2.45, 2.75) is 19.4 Å². The minimum absolute atomic E-state index is 0.0832. The summed E-state index contributed by atoms with van der Waals surface area (Å²) in [5.74, 6) is -0.573. The van der Waals surface area contributed by atoms with Crippen molar-refractivity contribution in [1.82, 2.24) is 5.32 Å². The molecule has 0 saturated heterocycles. The van der Waals surface area contributed by atoms with Gasteiger partial charge in [0.25, 0.3) is 5.91 Å². The Balaban J connectivity index is 2.77. The summed E-state index contributed by atoms with van der Waals surface area (Å²) in [5, 5.41) is 24.1. The van der Waals surface area contributed by atoms with Crippen molar-refractivity contribution in [3.63, 3.8) is 0 Å². The number of hydrogen-bond donors (Lipinski definition) is 3. The van der Waals surface area contributed by atoms with Gasteiger partial charge in [0.15, 0.2) is 0 Å². The van der Waals surface area contributed by atoms with Crippen LogP contribution in [0.2, 0.25) is 10.0 Å². The van der Waals surface area contributed by atoms with E-state index < -0.39 is 5.91 Å². The second-order valence-corrected chi connectivity index (χ2v) is 5.02. The summed E-state index contributed by atoms with van der Waals surface area (Å²) in [4.78, 5) is 11.9. The van der Waals surface area contributed by atoms with Crippen molar-refractivity contribution in [3.05, 3.63) is 40.0 Å². The first kappa shape index (κ1) is 17.3. The number of carbonyl (C=O) groups is 1. The van der Waals surface area contributed by atoms with E-state index in [9.17, 15) is 4.79 Å². The van der Waals surface area contributed by atoms with E-state index in [0.29, 0.717) is 22.2 Å². The molecular formula is C14H15Cl2N3O2. The van der Waals surface area contributed by atoms with Gasteiger partial charge in [0.1, 0.15) is 11.6 Å². The maximum absolute atomic E-state index is 11.9. The number of aliphatic hydroxyl groups is 1. The number of halogens is 2. The van der Waals surface area contributed by atoms with Crippen LogP contribution < -0.4 is 10.6 Å². The molecule has 0 saturated carbocycles. The van der Waals surface area contributed by atoms with E-state index in [-0.39, 0.29) is 18.2 Å². The molecule has 112 valence electrons. The number of amides is 1. The predicted octanol–water partition coefficient (Wildman–Crippen LogP) is 2.70. The molecular weight excluding hydrogens is 313 g/mol. The minimum atomic E-state index is -0.573. The molecule has 21 heavy (non-hydrogen) atoms. The van der Waals surface area contributed by atoms with Crippen LogP contribution in [-0.4, -0.2) is 23.7 Å². The maximum atomic E-state index is 11.9. The summed E-state index contributed by atoms with van der Waals surface area (Å²) in [6.07, 6.45) is 1.96. The fourth-order valence-electron chi connectivity index (χ4n) is 1.42. The average Bonchev–Trinajstić information content (AvgIpc) is 2.47. The number of rotatable bonds is 6. The largest absolute Gasteiger partial charge is 0.394 e. The molecule has 1 amide bonds. The Bertz CT molecular complexity index is 578. The van der Waals surface area contributed by atoms with Gasteiger partial charge in [-0.15, -0.1) is 0 Å². The van der Waals surface area contributed by atoms with Crippen LogP contribution in [0.1, 0.15) is 13.3 Å². The van der Waals surface area contributed by atoms with Crippen LogP contribution in [-0.2, 0) is 4.79 Å². The smallest absolute Gasteiger partial charge is 0.267 e. The van der Waals surface area contributed by atoms with Gasteiger partial charge in [-0.1, -0.05) is 30.1 Å². The van der Waals surface area contributed by atoms with Crippen LogP contribution in [0.3, 0.4) is 0 Å². The second-order valence-electron chi connectivity index (χ2n) is 4.21. The van der Waals surface area contributed by atoms with Crippen LogP contribution in [0.25, 0.3) is 0 Å². The van der Waals surface area contributed by atoms with E-state index in [1.54, 1.807) is 18.2 Å². The zero-order chi connectivity index (χ0) is 15.8. The number of aliphatic hydroxyl groups excluding tert-OH is 1. The van der Waals surface area contributed by atoms with Crippen molar-refractivity contribution in [2.24, 2.45) is 0 Å². The first-order valence-electron chi connectivity index (χ1n) is 6.25. The molecule has 3 N–H and O–H groups in total. The number of nitriles is 1. The number of nitrogens with zero attached hydrogens (tertiary/aromatic N) is 1. The fraction of sp³-hybridized carbons (Fsp3) is 0.286. The molecule has 1 aromatic rings. The SMILES string of the molecule is CCC(CO)N/C=C(/C#N)C(=O)Nc1ccc(Cl)c(Cl)c1. The summed E-state index contributed by atoms with van der Waals surface area (Å²) in [7, 11) is 0. The molecule has 0 aliphatic rings. The third kappa shape index (κ3) is 5.27. The number of hydrogen-bond acceptors (Lipinski definition) is 4. The first-order chi connectivity index (χ1) is 10.0. The Morgan fingerprint density at radius 2 is 2.19 bits per heavy atom. The van der Waals surface area contributed by atoms with Gasteiger partial charge in [0, 0.05) is 17.9 Å². The monoisotopic (exact) mass is 327 g/mol. The summed E-state index contributed by atoms with van der Waals surface area (Å²) in [6.45, 7) is 1.80. The Morgan fingerprint density at radius 3 is 2.71 bits per heavy atom. The van der Waals surface area contributed by atoms with E-state index in [1.807, 2.05) is 6.92 Å². The average molecular weight is 328 g/mol. The summed E-state index contributed by atoms with van der Waals surface area (Å²) >= 11 is 11.6. The van der Waals surface area contributed by atoms with Gasteiger partial charge in [-0.2, -0.15) is 5.26 Å². The van der Waals surface area contributed by atoms with Gasteiger partial charge in [-0.3, -0.25) is 4.79 Å². The van der Waals surface area contributed by atoms with Crippen LogP contribution in [0.15, 0.2) is 30.0 Å². The lowest BCUT2D eigenvalue weighted by atomic mass is 10.2. The summed E-state index contributed by atoms with van der Waals surface area (Å²) in [5.41, 5.74) is 0.331. The van der Waals surface area contributed by atoms with E-state index >= 15 is 0 Å². The lowest BCUT2D eigenvalue weighted by molar-refractivity contribution is -0.112. The second kappa shape index (κ2) is 8.53. The van der Waals surface area contributed by atoms with Gasteiger partial charge in [-0.05, 0) is 24.6 Å². The fourth-order valence-corrected chi connectivity index (χ4v) is 1.72. The highest BCUT2D eigenvalue weighted by atomic mass is 35.5. The maximum Gasteiger partial charge on any atom is 0.267 e. The summed E-state index contributed by atoms with van der Waals surface area (Å²) < 4.78 is 0. The molecule has 1 atom stereocenters. The molecule has 0 bridgehead atoms. The van der Waals surface area contributed by atoms with Crippen molar-refractivity contribution in [1.29, 1.82) is 5.26 Å². The zero-order valence-corrected chi connectivity index (χ0v) is 12.9. The number of benzene rings is 1. The van der Waals surface area contributed by atoms with E-state index in [1.165, 1.54) is 12.3 Å². The van der Waals surface area contributed by atoms with Gasteiger partial charge in [0.2, 0.25) is 0 Å². The van der Waals surface area contributed by atoms with Gasteiger partial charge >= 0.3 is 0 Å². The van der Waals surface area contributed by atoms with Crippen LogP contribution >= 0.6 is 23.2 Å². The summed E-state index contributed by atoms with van der Waals surface area (Å²) in [6, 6.07) is 6.22. The highest BCUT2D eigenvalue weighted by Gasteiger charge is 2.11. The van der Waals surface area contributed by atoms with Crippen LogP contribution in [0.5, 0.6) is 0 Å². The molecule has 0 aliphatic carbocycles. The Kier molecular flexibility index (Phi) is 7.03. The lowest BCUT2D eigenvalue weighted by Crippen LogP contribution is -2.28. The predicted molar refractivity (Wildman–Crippen MR) is 83.1 cm³/mol. The van der Waals surface area contributed by atoms with E-state index in [4.69, 9.17) is 33.6 Å². The highest BCUT2D eigenvalue weighted by molar-refractivity contribution is 6.42. The van der Waals surface area contributed by atoms with Crippen LogP contribution in [0.4, 0.5) is 5.69 Å². The topological polar surface area (TPSA) is 85.2 Å². The molecule has 0 aliphatic heterocycles. The number of carbonyl (C=O) groups excluding carboxylic acids is 1. The van der Waals surface area contributed by atoms with E-state index in [0.717, 1.165) is 0 Å². The molecule has 1 unspecified atom stereocenters. The third-order valence-corrected chi connectivity index (χ3v) is 3.46. The van der Waals surface area contributed by atoms with Crippen molar-refractivity contribution < 1.29 is 9.90 Å². The van der Waals surface area contributed by atoms with Gasteiger partial charge < -0.3 is 15.7 Å². The van der Waals surface area contributed by atoms with Crippen LogP contribution in [0, 0.1) is 11.3 Å². The quantitative estimate of drug-likeness (QED) is 0.554. The zero-order valence-electron chi connectivity index (χ0n) is 11.4. The molecule has 0 fully saturated rings. The van der Waals surface area contributed by atoms with Crippen molar-refractivity contribution in [3.8, 4) is 6.07 Å². The highest BCUT2D eigenvalue weighted by Crippen LogP contribution is 2.25. The molecule has 1 aromatic carbocycles. The van der Waals surface area contributed by atoms with E-state index in [2.05, 4.69) is 10.6 Å². The Morgan fingerprint density at radius 1 is 1.48 bits per heavy atom. The Labute approximate surface area is 133 Å². The number of anilines is 1. The minimum Gasteiger partial charge on any atom is -0.394 e. The molecule has 0 aromatic heterocycles. The molecule has 7 heteroatoms. The van der Waals surface area contributed by atoms with Crippen molar-refractivity contribution in [2.75, 3.05) is 11.9 Å². The van der Waals surface area contributed by atoms with Crippen molar-refractivity contribution >= 4 is 34.8 Å². The molecule has 0 heterocycles. The third-order valence-electron chi connectivity index (χ3n) is 2.72. The lowest BCUT2D eigenvalue weighted by Gasteiger charge is -2.12. The molecule has 5 nitrogen and oxygen atoms in total. The first-order valence-corrected chi connectivity index (χ1v) is 7.01. The Hall–Kier alpha value is -1.74. The molecule has 0 radical (unpaired) electrons. The normalized spacial score (nSPS) is 12.4. The van der Waals surface area contributed by atoms with Gasteiger partial charge in [0.05, 0.1) is 16.7 Å². The molecule has 0 spiro atoms. The standard InChI is InChI=1S/C14H15Cl2N3O2/c1-2-10(8-20)18-7-9(6-17)14(21)19-11-3-4-12(15)13(16)5-11/h3-5,7,10,18,20H,2,8H2,1H3,(H,19,21)/b9-7-. The number of nitrogens with one attached hydrogen (secondary N) is 2. The molecule has 1 rings (SSSR count). The van der Waals surface area contributed by atoms with Gasteiger partial charge in [-0.25, -0.2) is 0 Å².